The molecule has 1 aliphatic rings. The van der Waals surface area contributed by atoms with Crippen molar-refractivity contribution in [3.8, 4) is 0 Å². The Labute approximate surface area is 177 Å². The lowest BCUT2D eigenvalue weighted by Gasteiger charge is -2.20. The molecular weight excluding hydrogens is 407 g/mol. The van der Waals surface area contributed by atoms with Gasteiger partial charge in [-0.15, -0.1) is 10.2 Å². The van der Waals surface area contributed by atoms with E-state index in [0.29, 0.717) is 25.3 Å². The van der Waals surface area contributed by atoms with E-state index in [1.165, 1.54) is 12.1 Å². The number of rotatable bonds is 5. The third kappa shape index (κ3) is 4.77. The van der Waals surface area contributed by atoms with Crippen molar-refractivity contribution >= 4 is 5.91 Å². The molecule has 9 heteroatoms. The SMILES string of the molecule is C[C@H](NC(=O)c1cc(F)ccc1F)c1nnc2n1CCN(Cc1ccc(F)cc1)CC2. The molecule has 0 bridgehead atoms. The van der Waals surface area contributed by atoms with Gasteiger partial charge in [-0.05, 0) is 42.8 Å². The number of halogens is 3. The van der Waals surface area contributed by atoms with Crippen molar-refractivity contribution < 1.29 is 18.0 Å². The second-order valence-corrected chi connectivity index (χ2v) is 7.60. The first-order valence-electron chi connectivity index (χ1n) is 10.1. The van der Waals surface area contributed by atoms with Gasteiger partial charge in [0, 0.05) is 32.6 Å². The van der Waals surface area contributed by atoms with Crippen molar-refractivity contribution in [1.82, 2.24) is 25.0 Å². The predicted octanol–water partition coefficient (Wildman–Crippen LogP) is 3.24. The van der Waals surface area contributed by atoms with Crippen LogP contribution in [0.4, 0.5) is 13.2 Å². The summed E-state index contributed by atoms with van der Waals surface area (Å²) in [5.41, 5.74) is 0.671. The first-order chi connectivity index (χ1) is 14.9. The first-order valence-corrected chi connectivity index (χ1v) is 10.1. The van der Waals surface area contributed by atoms with Crippen LogP contribution < -0.4 is 5.32 Å². The number of carbonyl (C=O) groups is 1. The van der Waals surface area contributed by atoms with E-state index in [1.807, 2.05) is 4.57 Å². The van der Waals surface area contributed by atoms with Crippen LogP contribution in [-0.2, 0) is 19.5 Å². The van der Waals surface area contributed by atoms with Crippen LogP contribution in [0, 0.1) is 17.5 Å². The van der Waals surface area contributed by atoms with Gasteiger partial charge in [-0.25, -0.2) is 13.2 Å². The Morgan fingerprint density at radius 1 is 1.03 bits per heavy atom. The summed E-state index contributed by atoms with van der Waals surface area (Å²) in [4.78, 5) is 14.7. The van der Waals surface area contributed by atoms with Crippen LogP contribution >= 0.6 is 0 Å². The minimum atomic E-state index is -0.789. The smallest absolute Gasteiger partial charge is 0.254 e. The Kier molecular flexibility index (Phi) is 6.03. The molecule has 2 heterocycles. The predicted molar refractivity (Wildman–Crippen MR) is 108 cm³/mol. The molecule has 1 aliphatic heterocycles. The summed E-state index contributed by atoms with van der Waals surface area (Å²) in [5.74, 6) is -1.09. The van der Waals surface area contributed by atoms with E-state index >= 15 is 0 Å². The maximum atomic E-state index is 13.9. The Morgan fingerprint density at radius 3 is 2.55 bits per heavy atom. The first kappa shape index (κ1) is 21.0. The van der Waals surface area contributed by atoms with Crippen LogP contribution in [-0.4, -0.2) is 38.7 Å². The fourth-order valence-corrected chi connectivity index (χ4v) is 3.73. The molecule has 0 saturated heterocycles. The van der Waals surface area contributed by atoms with Crippen LogP contribution in [0.25, 0.3) is 0 Å². The van der Waals surface area contributed by atoms with Crippen LogP contribution in [0.3, 0.4) is 0 Å². The fraction of sp³-hybridized carbons (Fsp3) is 0.318. The van der Waals surface area contributed by atoms with E-state index in [2.05, 4.69) is 20.4 Å². The summed E-state index contributed by atoms with van der Waals surface area (Å²) in [6, 6.07) is 8.66. The van der Waals surface area contributed by atoms with Gasteiger partial charge in [-0.3, -0.25) is 9.69 Å². The maximum Gasteiger partial charge on any atom is 0.254 e. The van der Waals surface area contributed by atoms with Crippen LogP contribution in [0.15, 0.2) is 42.5 Å². The van der Waals surface area contributed by atoms with Gasteiger partial charge in [-0.1, -0.05) is 12.1 Å². The average molecular weight is 429 g/mol. The molecule has 0 unspecified atom stereocenters. The zero-order valence-electron chi connectivity index (χ0n) is 17.0. The largest absolute Gasteiger partial charge is 0.342 e. The van der Waals surface area contributed by atoms with Crippen molar-refractivity contribution in [2.45, 2.75) is 32.5 Å². The van der Waals surface area contributed by atoms with E-state index < -0.39 is 23.6 Å². The number of fused-ring (bicyclic) bond motifs is 1. The summed E-state index contributed by atoms with van der Waals surface area (Å²) in [5, 5.41) is 11.1. The lowest BCUT2D eigenvalue weighted by Crippen LogP contribution is -2.30. The molecular formula is C22H22F3N5O. The molecule has 31 heavy (non-hydrogen) atoms. The Morgan fingerprint density at radius 2 is 1.77 bits per heavy atom. The number of carbonyl (C=O) groups excluding carboxylic acids is 1. The summed E-state index contributed by atoms with van der Waals surface area (Å²) >= 11 is 0. The highest BCUT2D eigenvalue weighted by atomic mass is 19.1. The van der Waals surface area contributed by atoms with E-state index in [0.717, 1.165) is 42.7 Å². The Balaban J connectivity index is 1.43. The number of nitrogens with zero attached hydrogens (tertiary/aromatic N) is 4. The third-order valence-corrected chi connectivity index (χ3v) is 5.37. The molecule has 1 aromatic heterocycles. The number of benzene rings is 2. The summed E-state index contributed by atoms with van der Waals surface area (Å²) in [6.07, 6.45) is 0.674. The lowest BCUT2D eigenvalue weighted by atomic mass is 10.1. The molecule has 1 atom stereocenters. The van der Waals surface area contributed by atoms with Gasteiger partial charge in [0.1, 0.15) is 23.3 Å². The molecule has 1 N–H and O–H groups in total. The van der Waals surface area contributed by atoms with E-state index in [9.17, 15) is 18.0 Å². The highest BCUT2D eigenvalue weighted by molar-refractivity contribution is 5.94. The second-order valence-electron chi connectivity index (χ2n) is 7.60. The molecule has 0 saturated carbocycles. The molecule has 6 nitrogen and oxygen atoms in total. The van der Waals surface area contributed by atoms with Crippen molar-refractivity contribution in [2.24, 2.45) is 0 Å². The van der Waals surface area contributed by atoms with Gasteiger partial charge < -0.3 is 9.88 Å². The molecule has 0 radical (unpaired) electrons. The molecule has 2 aromatic carbocycles. The molecule has 1 amide bonds. The van der Waals surface area contributed by atoms with Gasteiger partial charge in [0.2, 0.25) is 0 Å². The molecule has 0 aliphatic carbocycles. The van der Waals surface area contributed by atoms with Gasteiger partial charge in [0.05, 0.1) is 11.6 Å². The Bertz CT molecular complexity index is 1080. The fourth-order valence-electron chi connectivity index (χ4n) is 3.73. The normalized spacial score (nSPS) is 15.2. The average Bonchev–Trinajstić information content (AvgIpc) is 3.06. The summed E-state index contributed by atoms with van der Waals surface area (Å²) < 4.78 is 42.4. The van der Waals surface area contributed by atoms with Crippen molar-refractivity contribution in [1.29, 1.82) is 0 Å². The van der Waals surface area contributed by atoms with Gasteiger partial charge in [0.25, 0.3) is 5.91 Å². The summed E-state index contributed by atoms with van der Waals surface area (Å²) in [7, 11) is 0. The van der Waals surface area contributed by atoms with E-state index in [-0.39, 0.29) is 11.4 Å². The standard InChI is InChI=1S/C22H22F3N5O/c1-14(26-22(31)18-12-17(24)6-7-19(18)25)21-28-27-20-8-9-29(10-11-30(20)21)13-15-2-4-16(23)5-3-15/h2-7,12,14H,8-11,13H2,1H3,(H,26,31)/t14-/m0/s1. The van der Waals surface area contributed by atoms with Gasteiger partial charge >= 0.3 is 0 Å². The third-order valence-electron chi connectivity index (χ3n) is 5.37. The lowest BCUT2D eigenvalue weighted by molar-refractivity contribution is 0.0933. The number of hydrogen-bond acceptors (Lipinski definition) is 4. The highest BCUT2D eigenvalue weighted by Crippen LogP contribution is 2.18. The monoisotopic (exact) mass is 429 g/mol. The minimum Gasteiger partial charge on any atom is -0.342 e. The number of hydrogen-bond donors (Lipinski definition) is 1. The number of amides is 1. The quantitative estimate of drug-likeness (QED) is 0.677. The molecule has 0 fully saturated rings. The van der Waals surface area contributed by atoms with E-state index in [1.54, 1.807) is 19.1 Å². The minimum absolute atomic E-state index is 0.260. The number of aromatic nitrogens is 3. The van der Waals surface area contributed by atoms with Crippen molar-refractivity contribution in [3.05, 3.63) is 82.7 Å². The molecule has 0 spiro atoms. The van der Waals surface area contributed by atoms with Crippen molar-refractivity contribution in [2.75, 3.05) is 13.1 Å². The molecule has 162 valence electrons. The molecule has 3 aromatic rings. The van der Waals surface area contributed by atoms with Crippen LogP contribution in [0.1, 0.15) is 40.5 Å². The Hall–Kier alpha value is -3.20. The van der Waals surface area contributed by atoms with Gasteiger partial charge in [-0.2, -0.15) is 0 Å². The topological polar surface area (TPSA) is 63.1 Å². The summed E-state index contributed by atoms with van der Waals surface area (Å²) in [6.45, 7) is 4.54. The van der Waals surface area contributed by atoms with Crippen LogP contribution in [0.5, 0.6) is 0 Å². The number of nitrogens with one attached hydrogen (secondary N) is 1. The maximum absolute atomic E-state index is 13.9. The highest BCUT2D eigenvalue weighted by Gasteiger charge is 2.24. The van der Waals surface area contributed by atoms with Crippen LogP contribution in [0.2, 0.25) is 0 Å². The van der Waals surface area contributed by atoms with Crippen molar-refractivity contribution in [3.63, 3.8) is 0 Å². The molecule has 4 rings (SSSR count). The van der Waals surface area contributed by atoms with Gasteiger partial charge in [0.15, 0.2) is 5.82 Å². The second kappa shape index (κ2) is 8.89. The zero-order valence-corrected chi connectivity index (χ0v) is 17.0. The van der Waals surface area contributed by atoms with E-state index in [4.69, 9.17) is 0 Å². The zero-order chi connectivity index (χ0) is 22.0.